The van der Waals surface area contributed by atoms with Gasteiger partial charge in [-0.15, -0.1) is 0 Å². The van der Waals surface area contributed by atoms with Crippen molar-refractivity contribution < 1.29 is 23.9 Å². The number of carbonyl (C=O) groups excluding carboxylic acids is 3. The molecule has 2 aromatic carbocycles. The number of rotatable bonds is 4. The van der Waals surface area contributed by atoms with E-state index in [0.29, 0.717) is 12.3 Å². The van der Waals surface area contributed by atoms with Gasteiger partial charge in [-0.1, -0.05) is 60.7 Å². The van der Waals surface area contributed by atoms with E-state index < -0.39 is 30.2 Å². The van der Waals surface area contributed by atoms with Gasteiger partial charge >= 0.3 is 12.2 Å². The van der Waals surface area contributed by atoms with Gasteiger partial charge in [0.1, 0.15) is 18.4 Å². The van der Waals surface area contributed by atoms with E-state index in [4.69, 9.17) is 9.47 Å². The number of hydrogen-bond donors (Lipinski definition) is 0. The first-order valence-corrected chi connectivity index (χ1v) is 8.92. The van der Waals surface area contributed by atoms with Gasteiger partial charge in [-0.3, -0.25) is 9.69 Å². The molecule has 2 aliphatic heterocycles. The van der Waals surface area contributed by atoms with Crippen LogP contribution in [0.3, 0.4) is 0 Å². The summed E-state index contributed by atoms with van der Waals surface area (Å²) in [6.07, 6.45) is 2.23. The van der Waals surface area contributed by atoms with Gasteiger partial charge < -0.3 is 9.47 Å². The van der Waals surface area contributed by atoms with E-state index in [1.807, 2.05) is 36.4 Å². The van der Waals surface area contributed by atoms with E-state index in [2.05, 4.69) is 0 Å². The van der Waals surface area contributed by atoms with Gasteiger partial charge in [0.2, 0.25) is 0 Å². The van der Waals surface area contributed by atoms with Gasteiger partial charge in [-0.2, -0.15) is 0 Å². The lowest BCUT2D eigenvalue weighted by Gasteiger charge is -2.45. The summed E-state index contributed by atoms with van der Waals surface area (Å²) in [5.41, 5.74) is 0.918. The minimum absolute atomic E-state index is 0.228. The van der Waals surface area contributed by atoms with Crippen molar-refractivity contribution in [3.05, 3.63) is 72.3 Å². The second-order valence-corrected chi connectivity index (χ2v) is 6.40. The van der Waals surface area contributed by atoms with Crippen LogP contribution in [0.2, 0.25) is 0 Å². The fourth-order valence-corrected chi connectivity index (χ4v) is 3.29. The van der Waals surface area contributed by atoms with Crippen molar-refractivity contribution in [2.45, 2.75) is 12.1 Å². The Morgan fingerprint density at radius 1 is 1.04 bits per heavy atom. The molecule has 0 spiro atoms. The van der Waals surface area contributed by atoms with Crippen LogP contribution in [0.25, 0.3) is 6.08 Å². The number of β-lactam (4-membered cyclic amide) rings is 1. The van der Waals surface area contributed by atoms with Gasteiger partial charge in [0, 0.05) is 0 Å². The van der Waals surface area contributed by atoms with Crippen molar-refractivity contribution in [3.63, 3.8) is 0 Å². The summed E-state index contributed by atoms with van der Waals surface area (Å²) >= 11 is 0. The quantitative estimate of drug-likeness (QED) is 0.765. The minimum atomic E-state index is -0.779. The average molecular weight is 378 g/mol. The standard InChI is InChI=1S/C21H18N2O5/c24-19-18(22-13-14-27-20(22)25)17(12-11-15-7-3-1-4-8-15)23(19)21(26)28-16-9-5-2-6-10-16/h1-12,17-18H,13-14H2/t17-,18+/m0/s1. The van der Waals surface area contributed by atoms with Crippen LogP contribution < -0.4 is 4.74 Å². The molecule has 0 N–H and O–H groups in total. The molecule has 0 radical (unpaired) electrons. The van der Waals surface area contributed by atoms with Crippen LogP contribution >= 0.6 is 0 Å². The zero-order chi connectivity index (χ0) is 19.5. The zero-order valence-electron chi connectivity index (χ0n) is 14.9. The Kier molecular flexibility index (Phi) is 4.80. The normalized spacial score (nSPS) is 21.6. The number of para-hydroxylation sites is 1. The Morgan fingerprint density at radius 3 is 2.36 bits per heavy atom. The molecule has 0 aliphatic carbocycles. The summed E-state index contributed by atoms with van der Waals surface area (Å²) in [5.74, 6) is -0.141. The summed E-state index contributed by atoms with van der Waals surface area (Å²) in [7, 11) is 0. The number of ether oxygens (including phenoxy) is 2. The zero-order valence-corrected chi connectivity index (χ0v) is 14.9. The van der Waals surface area contributed by atoms with Gasteiger partial charge in [0.25, 0.3) is 5.91 Å². The maximum absolute atomic E-state index is 12.7. The number of nitrogens with zero attached hydrogens (tertiary/aromatic N) is 2. The van der Waals surface area contributed by atoms with E-state index >= 15 is 0 Å². The molecule has 2 heterocycles. The van der Waals surface area contributed by atoms with Crippen LogP contribution in [0.1, 0.15) is 5.56 Å². The van der Waals surface area contributed by atoms with Crippen molar-refractivity contribution in [1.29, 1.82) is 0 Å². The Bertz CT molecular complexity index is 913. The van der Waals surface area contributed by atoms with Crippen LogP contribution in [0.15, 0.2) is 66.7 Å². The third-order valence-electron chi connectivity index (χ3n) is 4.67. The van der Waals surface area contributed by atoms with Gasteiger partial charge in [-0.25, -0.2) is 14.5 Å². The third-order valence-corrected chi connectivity index (χ3v) is 4.67. The van der Waals surface area contributed by atoms with Crippen molar-refractivity contribution >= 4 is 24.2 Å². The SMILES string of the molecule is O=C1OCCN1[C@H]1C(=O)N(C(=O)Oc2ccccc2)[C@H]1C=Cc1ccccc1. The van der Waals surface area contributed by atoms with Crippen molar-refractivity contribution in [3.8, 4) is 5.75 Å². The summed E-state index contributed by atoms with van der Waals surface area (Å²) in [6.45, 7) is 0.540. The number of cyclic esters (lactones) is 1. The molecular formula is C21H18N2O5. The average Bonchev–Trinajstić information content (AvgIpc) is 3.11. The summed E-state index contributed by atoms with van der Waals surface area (Å²) in [5, 5.41) is 0. The largest absolute Gasteiger partial charge is 0.448 e. The number of benzene rings is 2. The van der Waals surface area contributed by atoms with Crippen molar-refractivity contribution in [1.82, 2.24) is 9.80 Å². The predicted octanol–water partition coefficient (Wildman–Crippen LogP) is 2.93. The van der Waals surface area contributed by atoms with Crippen LogP contribution in [0.5, 0.6) is 5.75 Å². The molecule has 0 saturated carbocycles. The first-order valence-electron chi connectivity index (χ1n) is 8.92. The maximum atomic E-state index is 12.7. The Balaban J connectivity index is 1.57. The van der Waals surface area contributed by atoms with E-state index in [1.54, 1.807) is 36.4 Å². The van der Waals surface area contributed by atoms with E-state index in [9.17, 15) is 14.4 Å². The second-order valence-electron chi connectivity index (χ2n) is 6.40. The number of likely N-dealkylation sites (tertiary alicyclic amines) is 1. The topological polar surface area (TPSA) is 76.2 Å². The highest BCUT2D eigenvalue weighted by Crippen LogP contribution is 2.30. The highest BCUT2D eigenvalue weighted by atomic mass is 16.6. The fraction of sp³-hybridized carbons (Fsp3) is 0.190. The lowest BCUT2D eigenvalue weighted by atomic mass is 9.93. The highest BCUT2D eigenvalue weighted by molar-refractivity contribution is 6.04. The third kappa shape index (κ3) is 3.34. The van der Waals surface area contributed by atoms with Crippen LogP contribution in [0, 0.1) is 0 Å². The van der Waals surface area contributed by atoms with Crippen LogP contribution in [-0.4, -0.2) is 53.1 Å². The van der Waals surface area contributed by atoms with Crippen molar-refractivity contribution in [2.24, 2.45) is 0 Å². The lowest BCUT2D eigenvalue weighted by Crippen LogP contribution is -2.72. The molecule has 2 atom stereocenters. The number of hydrogen-bond acceptors (Lipinski definition) is 5. The molecule has 3 amide bonds. The molecule has 142 valence electrons. The van der Waals surface area contributed by atoms with Crippen LogP contribution in [0.4, 0.5) is 9.59 Å². The minimum Gasteiger partial charge on any atom is -0.448 e. The lowest BCUT2D eigenvalue weighted by molar-refractivity contribution is -0.148. The highest BCUT2D eigenvalue weighted by Gasteiger charge is 2.55. The van der Waals surface area contributed by atoms with Gasteiger partial charge in [0.15, 0.2) is 0 Å². The van der Waals surface area contributed by atoms with E-state index in [-0.39, 0.29) is 6.61 Å². The Labute approximate surface area is 161 Å². The molecule has 2 saturated heterocycles. The second kappa shape index (κ2) is 7.56. The summed E-state index contributed by atoms with van der Waals surface area (Å²) in [4.78, 5) is 39.6. The number of amides is 3. The fourth-order valence-electron chi connectivity index (χ4n) is 3.29. The molecule has 0 bridgehead atoms. The number of imide groups is 1. The molecule has 7 nitrogen and oxygen atoms in total. The van der Waals surface area contributed by atoms with Gasteiger partial charge in [-0.05, 0) is 17.7 Å². The van der Waals surface area contributed by atoms with Gasteiger partial charge in [0.05, 0.1) is 12.6 Å². The molecule has 28 heavy (non-hydrogen) atoms. The summed E-state index contributed by atoms with van der Waals surface area (Å²) in [6, 6.07) is 16.6. The predicted molar refractivity (Wildman–Crippen MR) is 100 cm³/mol. The molecule has 4 rings (SSSR count). The molecule has 2 aromatic rings. The first-order chi connectivity index (χ1) is 13.6. The molecule has 2 fully saturated rings. The first kappa shape index (κ1) is 17.8. The molecule has 7 heteroatoms. The Morgan fingerprint density at radius 2 is 1.71 bits per heavy atom. The van der Waals surface area contributed by atoms with E-state index in [0.717, 1.165) is 10.5 Å². The van der Waals surface area contributed by atoms with Crippen LogP contribution in [-0.2, 0) is 9.53 Å². The molecule has 2 aliphatic rings. The number of carbonyl (C=O) groups is 3. The monoisotopic (exact) mass is 378 g/mol. The Hall–Kier alpha value is -3.61. The van der Waals surface area contributed by atoms with E-state index in [1.165, 1.54) is 4.90 Å². The summed E-state index contributed by atoms with van der Waals surface area (Å²) < 4.78 is 10.3. The molecule has 0 unspecified atom stereocenters. The smallest absolute Gasteiger partial charge is 0.422 e. The molecular weight excluding hydrogens is 360 g/mol. The van der Waals surface area contributed by atoms with Crippen molar-refractivity contribution in [2.75, 3.05) is 13.2 Å². The molecule has 0 aromatic heterocycles. The maximum Gasteiger partial charge on any atom is 0.422 e.